The zero-order valence-corrected chi connectivity index (χ0v) is 17.7. The molecule has 2 aromatic carbocycles. The Hall–Kier alpha value is -3.26. The number of anilines is 3. The highest BCUT2D eigenvalue weighted by Gasteiger charge is 2.22. The van der Waals surface area contributed by atoms with E-state index in [-0.39, 0.29) is 5.88 Å². The van der Waals surface area contributed by atoms with Gasteiger partial charge >= 0.3 is 6.03 Å². The molecule has 2 heterocycles. The van der Waals surface area contributed by atoms with Gasteiger partial charge in [-0.25, -0.2) is 10.2 Å². The van der Waals surface area contributed by atoms with Crippen LogP contribution in [0.25, 0.3) is 0 Å². The predicted octanol–water partition coefficient (Wildman–Crippen LogP) is 5.35. The van der Waals surface area contributed by atoms with Gasteiger partial charge in [0.05, 0.1) is 23.6 Å². The third-order valence-corrected chi connectivity index (χ3v) is 5.75. The number of hydrogen-bond acceptors (Lipinski definition) is 6. The minimum atomic E-state index is -0.484. The summed E-state index contributed by atoms with van der Waals surface area (Å²) in [6.45, 7) is 4.50. The molecular weight excluding hydrogens is 398 g/mol. The highest BCUT2D eigenvalue weighted by molar-refractivity contribution is 7.99. The Bertz CT molecular complexity index is 1080. The maximum absolute atomic E-state index is 11.9. The first-order valence-electron chi connectivity index (χ1n) is 9.83. The summed E-state index contributed by atoms with van der Waals surface area (Å²) >= 11 is 1.78. The Morgan fingerprint density at radius 2 is 2.03 bits per heavy atom. The second-order valence-electron chi connectivity index (χ2n) is 6.94. The largest absolute Gasteiger partial charge is 0.342 e. The van der Waals surface area contributed by atoms with Crippen molar-refractivity contribution < 1.29 is 9.32 Å². The van der Waals surface area contributed by atoms with E-state index >= 15 is 0 Å². The number of hydrazone groups is 1. The normalized spacial score (nSPS) is 12.5. The number of aromatic nitrogens is 1. The number of hydrogen-bond donors (Lipinski definition) is 2. The lowest BCUT2D eigenvalue weighted by Crippen LogP contribution is -2.26. The fraction of sp³-hybridized carbons (Fsp3) is 0.227. The first-order valence-corrected chi connectivity index (χ1v) is 10.6. The molecule has 0 atom stereocenters. The van der Waals surface area contributed by atoms with Crippen LogP contribution >= 0.6 is 11.8 Å². The molecule has 8 heteroatoms. The molecule has 3 aromatic rings. The van der Waals surface area contributed by atoms with Gasteiger partial charge in [0.1, 0.15) is 0 Å². The van der Waals surface area contributed by atoms with Gasteiger partial charge in [-0.1, -0.05) is 48.5 Å². The highest BCUT2D eigenvalue weighted by atomic mass is 32.2. The quantitative estimate of drug-likeness (QED) is 0.414. The number of aryl methyl sites for hydroxylation is 2. The minimum absolute atomic E-state index is 0.277. The molecule has 0 saturated heterocycles. The number of amides is 2. The summed E-state index contributed by atoms with van der Waals surface area (Å²) in [5.74, 6) is 0.277. The van der Waals surface area contributed by atoms with E-state index in [2.05, 4.69) is 63.2 Å². The number of fused-ring (bicyclic) bond motifs is 2. The van der Waals surface area contributed by atoms with Crippen molar-refractivity contribution in [1.29, 1.82) is 0 Å². The van der Waals surface area contributed by atoms with Crippen LogP contribution in [0, 0.1) is 6.92 Å². The molecule has 0 saturated carbocycles. The predicted molar refractivity (Wildman–Crippen MR) is 120 cm³/mol. The Balaban J connectivity index is 1.48. The molecule has 0 bridgehead atoms. The smallest absolute Gasteiger partial charge is 0.338 e. The van der Waals surface area contributed by atoms with E-state index < -0.39 is 6.03 Å². The van der Waals surface area contributed by atoms with Crippen molar-refractivity contribution >= 4 is 41.3 Å². The van der Waals surface area contributed by atoms with Crippen LogP contribution < -0.4 is 15.6 Å². The lowest BCUT2D eigenvalue weighted by Gasteiger charge is -2.32. The highest BCUT2D eigenvalue weighted by Crippen LogP contribution is 2.48. The second kappa shape index (κ2) is 9.04. The number of rotatable bonds is 6. The molecule has 7 nitrogen and oxygen atoms in total. The lowest BCUT2D eigenvalue weighted by atomic mass is 10.1. The van der Waals surface area contributed by atoms with E-state index in [0.29, 0.717) is 12.2 Å². The molecule has 0 unspecified atom stereocenters. The molecule has 4 rings (SSSR count). The van der Waals surface area contributed by atoms with Gasteiger partial charge in [0, 0.05) is 22.1 Å². The summed E-state index contributed by atoms with van der Waals surface area (Å²) < 4.78 is 4.96. The molecule has 1 aliphatic heterocycles. The fourth-order valence-electron chi connectivity index (χ4n) is 3.30. The molecule has 30 heavy (non-hydrogen) atoms. The number of para-hydroxylation sites is 1. The average Bonchev–Trinajstić information content (AvgIpc) is 3.15. The van der Waals surface area contributed by atoms with E-state index in [0.717, 1.165) is 24.2 Å². The summed E-state index contributed by atoms with van der Waals surface area (Å²) in [5.41, 5.74) is 6.77. The van der Waals surface area contributed by atoms with Gasteiger partial charge in [-0.05, 0) is 43.2 Å². The zero-order chi connectivity index (χ0) is 20.9. The molecule has 0 spiro atoms. The van der Waals surface area contributed by atoms with E-state index in [1.54, 1.807) is 31.0 Å². The monoisotopic (exact) mass is 421 g/mol. The third-order valence-electron chi connectivity index (χ3n) is 4.62. The van der Waals surface area contributed by atoms with Crippen LogP contribution in [0.5, 0.6) is 0 Å². The molecular formula is C22H23N5O2S. The van der Waals surface area contributed by atoms with Crippen LogP contribution in [0.4, 0.5) is 22.1 Å². The van der Waals surface area contributed by atoms with Crippen molar-refractivity contribution in [2.24, 2.45) is 5.10 Å². The second-order valence-corrected chi connectivity index (χ2v) is 8.03. The number of nitrogens with one attached hydrogen (secondary N) is 2. The van der Waals surface area contributed by atoms with Gasteiger partial charge in [0.15, 0.2) is 0 Å². The average molecular weight is 422 g/mol. The number of urea groups is 1. The van der Waals surface area contributed by atoms with Crippen LogP contribution in [-0.2, 0) is 6.42 Å². The molecule has 1 aromatic heterocycles. The molecule has 0 fully saturated rings. The zero-order valence-electron chi connectivity index (χ0n) is 16.9. The Morgan fingerprint density at radius 1 is 1.20 bits per heavy atom. The fourth-order valence-corrected chi connectivity index (χ4v) is 4.38. The van der Waals surface area contributed by atoms with E-state index in [1.807, 2.05) is 12.1 Å². The molecule has 2 amide bonds. The van der Waals surface area contributed by atoms with Crippen molar-refractivity contribution in [3.63, 3.8) is 0 Å². The van der Waals surface area contributed by atoms with Gasteiger partial charge in [0.2, 0.25) is 5.88 Å². The lowest BCUT2D eigenvalue weighted by molar-refractivity contribution is 0.251. The topological polar surface area (TPSA) is 82.8 Å². The van der Waals surface area contributed by atoms with Gasteiger partial charge in [-0.15, -0.1) is 0 Å². The van der Waals surface area contributed by atoms with E-state index in [1.165, 1.54) is 15.4 Å². The summed E-state index contributed by atoms with van der Waals surface area (Å²) in [7, 11) is 0. The first kappa shape index (κ1) is 20.0. The maximum Gasteiger partial charge on any atom is 0.342 e. The van der Waals surface area contributed by atoms with E-state index in [9.17, 15) is 4.79 Å². The van der Waals surface area contributed by atoms with Crippen molar-refractivity contribution in [2.45, 2.75) is 36.5 Å². The minimum Gasteiger partial charge on any atom is -0.338 e. The molecule has 154 valence electrons. The number of carbonyl (C=O) groups excluding carboxylic acids is 1. The van der Waals surface area contributed by atoms with Crippen molar-refractivity contribution in [2.75, 3.05) is 16.8 Å². The molecule has 0 radical (unpaired) electrons. The third kappa shape index (κ3) is 4.49. The van der Waals surface area contributed by atoms with Gasteiger partial charge < -0.3 is 9.42 Å². The Labute approximate surface area is 179 Å². The summed E-state index contributed by atoms with van der Waals surface area (Å²) in [4.78, 5) is 16.6. The number of carbonyl (C=O) groups is 1. The van der Waals surface area contributed by atoms with Gasteiger partial charge in [-0.2, -0.15) is 5.10 Å². The van der Waals surface area contributed by atoms with Crippen molar-refractivity contribution in [3.8, 4) is 0 Å². The molecule has 1 aliphatic rings. The van der Waals surface area contributed by atoms with Crippen LogP contribution in [0.1, 0.15) is 24.6 Å². The van der Waals surface area contributed by atoms with Crippen LogP contribution in [0.3, 0.4) is 0 Å². The van der Waals surface area contributed by atoms with Crippen LogP contribution in [-0.4, -0.2) is 23.9 Å². The maximum atomic E-state index is 11.9. The Kier molecular flexibility index (Phi) is 6.04. The van der Waals surface area contributed by atoms with Crippen LogP contribution in [0.2, 0.25) is 0 Å². The number of benzene rings is 2. The van der Waals surface area contributed by atoms with Gasteiger partial charge in [-0.3, -0.25) is 5.32 Å². The molecule has 2 N–H and O–H groups in total. The van der Waals surface area contributed by atoms with Gasteiger partial charge in [0.25, 0.3) is 0 Å². The summed E-state index contributed by atoms with van der Waals surface area (Å²) in [6, 6.07) is 16.1. The van der Waals surface area contributed by atoms with Crippen LogP contribution in [0.15, 0.2) is 67.9 Å². The first-order chi connectivity index (χ1) is 14.6. The Morgan fingerprint density at radius 3 is 2.83 bits per heavy atom. The summed E-state index contributed by atoms with van der Waals surface area (Å²) in [6.07, 6.45) is 3.84. The molecule has 0 aliphatic carbocycles. The standard InChI is InChI=1S/C22H23N5O2S/c1-3-6-16-9-10-20-18(14-16)27(17-7-4-5-8-19(17)30-20)12-11-23-25-22(28)24-21-13-15(2)26-29-21/h4-5,7-11,13-14H,3,6,12H2,1-2H3,(H2,24,25,28)/b23-11+. The van der Waals surface area contributed by atoms with E-state index in [4.69, 9.17) is 4.52 Å². The van der Waals surface area contributed by atoms with Crippen molar-refractivity contribution in [1.82, 2.24) is 10.6 Å². The van der Waals surface area contributed by atoms with Crippen molar-refractivity contribution in [3.05, 3.63) is 59.8 Å². The SMILES string of the molecule is CCCc1ccc2c(c1)N(C/C=N/NC(=O)Nc1cc(C)no1)c1ccccc1S2. The summed E-state index contributed by atoms with van der Waals surface area (Å²) in [5, 5.41) is 10.3. The number of nitrogens with zero attached hydrogens (tertiary/aromatic N) is 3.